The molecular formula is C24H34BrN3O3Si. The summed E-state index contributed by atoms with van der Waals surface area (Å²) < 4.78 is 8.82. The first-order valence-electron chi connectivity index (χ1n) is 11.5. The summed E-state index contributed by atoms with van der Waals surface area (Å²) in [6.45, 7) is 15.2. The highest BCUT2D eigenvalue weighted by Crippen LogP contribution is 2.69. The molecule has 2 heterocycles. The number of rotatable bonds is 5. The fourth-order valence-electron chi connectivity index (χ4n) is 5.64. The average molecular weight is 521 g/mol. The molecule has 1 aromatic heterocycles. The van der Waals surface area contributed by atoms with Crippen molar-refractivity contribution in [3.8, 4) is 0 Å². The summed E-state index contributed by atoms with van der Waals surface area (Å²) in [5.41, 5.74) is 0.934. The van der Waals surface area contributed by atoms with Gasteiger partial charge in [0.15, 0.2) is 0 Å². The summed E-state index contributed by atoms with van der Waals surface area (Å²) in [7, 11) is -1.97. The predicted molar refractivity (Wildman–Crippen MR) is 134 cm³/mol. The minimum atomic E-state index is -1.97. The number of nitrogens with one attached hydrogen (secondary N) is 1. The van der Waals surface area contributed by atoms with Crippen molar-refractivity contribution >= 4 is 40.9 Å². The van der Waals surface area contributed by atoms with Gasteiger partial charge in [-0.15, -0.1) is 0 Å². The molecule has 174 valence electrons. The molecule has 1 saturated carbocycles. The fraction of sp³-hybridized carbons (Fsp3) is 0.625. The van der Waals surface area contributed by atoms with Crippen molar-refractivity contribution in [3.05, 3.63) is 38.7 Å². The zero-order chi connectivity index (χ0) is 23.6. The Balaban J connectivity index is 1.57. The van der Waals surface area contributed by atoms with Gasteiger partial charge in [-0.3, -0.25) is 9.59 Å². The average Bonchev–Trinajstić information content (AvgIpc) is 2.66. The van der Waals surface area contributed by atoms with Gasteiger partial charge in [-0.1, -0.05) is 57.5 Å². The highest BCUT2D eigenvalue weighted by atomic mass is 79.9. The van der Waals surface area contributed by atoms with Gasteiger partial charge in [0.1, 0.15) is 6.54 Å². The van der Waals surface area contributed by atoms with E-state index in [9.17, 15) is 9.59 Å². The largest absolute Gasteiger partial charge is 0.410 e. The first kappa shape index (κ1) is 23.6. The van der Waals surface area contributed by atoms with Crippen LogP contribution >= 0.6 is 15.9 Å². The number of nitrogens with zero attached hydrogens (tertiary/aromatic N) is 2. The molecule has 1 aromatic carbocycles. The second-order valence-electron chi connectivity index (χ2n) is 10.9. The maximum atomic E-state index is 13.1. The van der Waals surface area contributed by atoms with Gasteiger partial charge in [0.25, 0.3) is 5.56 Å². The molecule has 1 aliphatic heterocycles. The summed E-state index contributed by atoms with van der Waals surface area (Å²) in [6.07, 6.45) is 1.82. The Kier molecular flexibility index (Phi) is 5.74. The standard InChI is InChI=1S/C24H34BrN3O3Si/c1-8-24-12-18(21(24)32(7,31-24)23(4,5)6)26-19(29)13-28-22(30)16-10-9-15(25)11-17(16)20(27-28)14(2)3/h9-11,14,18,21H,8,12-13H2,1-7H3,(H,26,29)/t18-,21?,24+,32?/m1/s1. The first-order chi connectivity index (χ1) is 14.8. The van der Waals surface area contributed by atoms with E-state index in [2.05, 4.69) is 60.6 Å². The zero-order valence-electron chi connectivity index (χ0n) is 20.1. The summed E-state index contributed by atoms with van der Waals surface area (Å²) in [4.78, 5) is 26.1. The SMILES string of the molecule is CC[C@]12C[C@@H](NC(=O)Cn3nc(C(C)C)c4cc(Br)ccc4c3=O)C1[Si](C)(C(C)(C)C)O2. The van der Waals surface area contributed by atoms with Gasteiger partial charge in [-0.25, -0.2) is 4.68 Å². The summed E-state index contributed by atoms with van der Waals surface area (Å²) >= 11 is 3.48. The van der Waals surface area contributed by atoms with Crippen LogP contribution in [0.4, 0.5) is 0 Å². The van der Waals surface area contributed by atoms with Gasteiger partial charge in [0.05, 0.1) is 16.7 Å². The van der Waals surface area contributed by atoms with E-state index in [1.165, 1.54) is 4.68 Å². The predicted octanol–water partition coefficient (Wildman–Crippen LogP) is 5.10. The highest BCUT2D eigenvalue weighted by Gasteiger charge is 2.75. The van der Waals surface area contributed by atoms with Gasteiger partial charge in [0.2, 0.25) is 14.2 Å². The van der Waals surface area contributed by atoms with E-state index in [0.29, 0.717) is 10.9 Å². The number of halogens is 1. The molecule has 2 aromatic rings. The lowest BCUT2D eigenvalue weighted by Gasteiger charge is -2.74. The van der Waals surface area contributed by atoms with Crippen molar-refractivity contribution in [2.24, 2.45) is 0 Å². The molecule has 4 rings (SSSR count). The molecule has 2 fully saturated rings. The van der Waals surface area contributed by atoms with Gasteiger partial charge in [-0.2, -0.15) is 5.10 Å². The van der Waals surface area contributed by atoms with Gasteiger partial charge >= 0.3 is 0 Å². The van der Waals surface area contributed by atoms with Crippen molar-refractivity contribution < 1.29 is 9.22 Å². The molecule has 1 aliphatic carbocycles. The summed E-state index contributed by atoms with van der Waals surface area (Å²) in [5.74, 6) is -0.0261. The third kappa shape index (κ3) is 3.49. The second kappa shape index (κ2) is 7.77. The van der Waals surface area contributed by atoms with Crippen molar-refractivity contribution in [2.75, 3.05) is 0 Å². The zero-order valence-corrected chi connectivity index (χ0v) is 22.7. The van der Waals surface area contributed by atoms with E-state index in [4.69, 9.17) is 4.43 Å². The number of benzene rings is 1. The molecule has 1 amide bonds. The highest BCUT2D eigenvalue weighted by molar-refractivity contribution is 9.10. The van der Waals surface area contributed by atoms with Crippen LogP contribution < -0.4 is 10.9 Å². The minimum Gasteiger partial charge on any atom is -0.410 e. The third-order valence-electron chi connectivity index (χ3n) is 7.77. The van der Waals surface area contributed by atoms with Crippen molar-refractivity contribution in [3.63, 3.8) is 0 Å². The molecule has 1 saturated heterocycles. The van der Waals surface area contributed by atoms with E-state index < -0.39 is 8.32 Å². The van der Waals surface area contributed by atoms with Crippen molar-refractivity contribution in [1.29, 1.82) is 0 Å². The quantitative estimate of drug-likeness (QED) is 0.557. The molecule has 1 N–H and O–H groups in total. The number of hydrogen-bond acceptors (Lipinski definition) is 4. The van der Waals surface area contributed by atoms with Crippen LogP contribution in [-0.2, 0) is 15.8 Å². The fourth-order valence-corrected chi connectivity index (χ4v) is 10.7. The molecule has 4 atom stereocenters. The van der Waals surface area contributed by atoms with Crippen LogP contribution in [0.3, 0.4) is 0 Å². The lowest BCUT2D eigenvalue weighted by atomic mass is 9.72. The third-order valence-corrected chi connectivity index (χ3v) is 14.2. The topological polar surface area (TPSA) is 73.2 Å². The maximum absolute atomic E-state index is 13.1. The van der Waals surface area contributed by atoms with E-state index >= 15 is 0 Å². The van der Waals surface area contributed by atoms with E-state index in [1.807, 2.05) is 26.0 Å². The first-order valence-corrected chi connectivity index (χ1v) is 14.8. The van der Waals surface area contributed by atoms with Crippen LogP contribution in [0.15, 0.2) is 27.5 Å². The Morgan fingerprint density at radius 2 is 2.06 bits per heavy atom. The van der Waals surface area contributed by atoms with Crippen molar-refractivity contribution in [1.82, 2.24) is 15.1 Å². The number of aromatic nitrogens is 2. The molecule has 8 heteroatoms. The van der Waals surface area contributed by atoms with Crippen LogP contribution in [0.2, 0.25) is 17.1 Å². The molecule has 0 radical (unpaired) electrons. The van der Waals surface area contributed by atoms with Crippen LogP contribution in [0.5, 0.6) is 0 Å². The van der Waals surface area contributed by atoms with E-state index in [1.54, 1.807) is 6.07 Å². The molecule has 32 heavy (non-hydrogen) atoms. The van der Waals surface area contributed by atoms with Gasteiger partial charge < -0.3 is 9.74 Å². The summed E-state index contributed by atoms with van der Waals surface area (Å²) in [6, 6.07) is 5.70. The Labute approximate surface area is 199 Å². The number of amides is 1. The molecule has 6 nitrogen and oxygen atoms in total. The lowest BCUT2D eigenvalue weighted by molar-refractivity contribution is -0.137. The summed E-state index contributed by atoms with van der Waals surface area (Å²) in [5, 5.41) is 9.34. The number of carbonyl (C=O) groups is 1. The van der Waals surface area contributed by atoms with Crippen LogP contribution in [0.25, 0.3) is 10.8 Å². The Hall–Kier alpha value is -1.51. The van der Waals surface area contributed by atoms with Crippen LogP contribution in [0.1, 0.15) is 66.0 Å². The Morgan fingerprint density at radius 3 is 2.66 bits per heavy atom. The Morgan fingerprint density at radius 1 is 1.38 bits per heavy atom. The smallest absolute Gasteiger partial charge is 0.275 e. The van der Waals surface area contributed by atoms with Crippen LogP contribution in [0, 0.1) is 0 Å². The molecule has 2 unspecified atom stereocenters. The molecule has 0 spiro atoms. The van der Waals surface area contributed by atoms with E-state index in [0.717, 1.165) is 28.4 Å². The molecule has 2 aliphatic rings. The molecule has 0 bridgehead atoms. The number of fused-ring (bicyclic) bond motifs is 2. The van der Waals surface area contributed by atoms with E-state index in [-0.39, 0.29) is 40.6 Å². The second-order valence-corrected chi connectivity index (χ2v) is 16.4. The van der Waals surface area contributed by atoms with Crippen LogP contribution in [-0.4, -0.2) is 35.6 Å². The molecular weight excluding hydrogens is 486 g/mol. The van der Waals surface area contributed by atoms with Gasteiger partial charge in [-0.05, 0) is 48.5 Å². The number of carbonyl (C=O) groups excluding carboxylic acids is 1. The lowest BCUT2D eigenvalue weighted by Crippen LogP contribution is -2.82. The van der Waals surface area contributed by atoms with Gasteiger partial charge in [0, 0.05) is 21.4 Å². The maximum Gasteiger partial charge on any atom is 0.275 e. The minimum absolute atomic E-state index is 0.0670. The Bertz CT molecular complexity index is 1140. The number of hydrogen-bond donors (Lipinski definition) is 1. The van der Waals surface area contributed by atoms with Crippen molar-refractivity contribution in [2.45, 2.75) is 95.6 Å². The monoisotopic (exact) mass is 519 g/mol. The normalized spacial score (nSPS) is 29.4.